The van der Waals surface area contributed by atoms with Gasteiger partial charge in [-0.3, -0.25) is 14.5 Å². The summed E-state index contributed by atoms with van der Waals surface area (Å²) in [6, 6.07) is 12.8. The number of amides is 1. The lowest BCUT2D eigenvalue weighted by molar-refractivity contribution is -0.121. The first-order valence-corrected chi connectivity index (χ1v) is 10.3. The maximum atomic E-state index is 12.3. The smallest absolute Gasteiger partial charge is 0.224 e. The molecule has 7 heteroatoms. The van der Waals surface area contributed by atoms with E-state index in [-0.39, 0.29) is 24.2 Å². The van der Waals surface area contributed by atoms with E-state index in [0.717, 1.165) is 30.8 Å². The van der Waals surface area contributed by atoms with Crippen LogP contribution in [-0.2, 0) is 22.5 Å². The number of nitrogens with one attached hydrogen (secondary N) is 1. The van der Waals surface area contributed by atoms with Crippen LogP contribution < -0.4 is 5.32 Å². The molecule has 29 heavy (non-hydrogen) atoms. The fourth-order valence-corrected chi connectivity index (χ4v) is 3.64. The lowest BCUT2D eigenvalue weighted by Gasteiger charge is -2.33. The van der Waals surface area contributed by atoms with Gasteiger partial charge in [-0.2, -0.15) is 0 Å². The first-order chi connectivity index (χ1) is 13.9. The summed E-state index contributed by atoms with van der Waals surface area (Å²) >= 11 is 12.1. The molecule has 5 nitrogen and oxygen atoms in total. The molecule has 0 aliphatic carbocycles. The maximum Gasteiger partial charge on any atom is 0.224 e. The molecule has 1 heterocycles. The third kappa shape index (κ3) is 6.54. The zero-order valence-electron chi connectivity index (χ0n) is 16.3. The molecule has 0 spiro atoms. The van der Waals surface area contributed by atoms with Crippen molar-refractivity contribution < 1.29 is 14.3 Å². The summed E-state index contributed by atoms with van der Waals surface area (Å²) < 4.78 is 5.79. The van der Waals surface area contributed by atoms with Gasteiger partial charge in [-0.15, -0.1) is 0 Å². The summed E-state index contributed by atoms with van der Waals surface area (Å²) in [7, 11) is 0. The van der Waals surface area contributed by atoms with Gasteiger partial charge in [0.2, 0.25) is 5.91 Å². The van der Waals surface area contributed by atoms with Crippen molar-refractivity contribution in [2.75, 3.05) is 26.2 Å². The Bertz CT molecular complexity index is 888. The SMILES string of the molecule is CC(=O)c1cccc(CC(=O)NC[C@H]2CN(Cc3ccc(Cl)c(Cl)c3)CCO2)c1. The topological polar surface area (TPSA) is 58.6 Å². The highest BCUT2D eigenvalue weighted by Crippen LogP contribution is 2.23. The molecule has 2 aromatic rings. The van der Waals surface area contributed by atoms with Crippen LogP contribution in [0, 0.1) is 0 Å². The maximum absolute atomic E-state index is 12.3. The number of carbonyl (C=O) groups excluding carboxylic acids is 2. The lowest BCUT2D eigenvalue weighted by Crippen LogP contribution is -2.47. The number of carbonyl (C=O) groups is 2. The van der Waals surface area contributed by atoms with Crippen molar-refractivity contribution >= 4 is 34.9 Å². The highest BCUT2D eigenvalue weighted by atomic mass is 35.5. The van der Waals surface area contributed by atoms with E-state index in [9.17, 15) is 9.59 Å². The first kappa shape index (κ1) is 21.8. The highest BCUT2D eigenvalue weighted by molar-refractivity contribution is 6.42. The Morgan fingerprint density at radius 2 is 1.97 bits per heavy atom. The van der Waals surface area contributed by atoms with Gasteiger partial charge in [0.1, 0.15) is 0 Å². The molecular weight excluding hydrogens is 411 g/mol. The molecule has 1 atom stereocenters. The van der Waals surface area contributed by atoms with Gasteiger partial charge in [0.25, 0.3) is 0 Å². The minimum absolute atomic E-state index is 0.00932. The molecule has 3 rings (SSSR count). The molecular formula is C22H24Cl2N2O3. The predicted molar refractivity (Wildman–Crippen MR) is 115 cm³/mol. The first-order valence-electron chi connectivity index (χ1n) is 9.55. The Balaban J connectivity index is 1.47. The van der Waals surface area contributed by atoms with Crippen molar-refractivity contribution in [3.63, 3.8) is 0 Å². The Labute approximate surface area is 180 Å². The number of hydrogen-bond acceptors (Lipinski definition) is 4. The normalized spacial score (nSPS) is 17.1. The molecule has 0 bridgehead atoms. The molecule has 154 valence electrons. The molecule has 0 radical (unpaired) electrons. The van der Waals surface area contributed by atoms with Gasteiger partial charge in [0.15, 0.2) is 5.78 Å². The summed E-state index contributed by atoms with van der Waals surface area (Å²) in [5.41, 5.74) is 2.53. The minimum Gasteiger partial charge on any atom is -0.374 e. The molecule has 1 amide bonds. The number of ketones is 1. The summed E-state index contributed by atoms with van der Waals surface area (Å²) in [5, 5.41) is 4.04. The van der Waals surface area contributed by atoms with Crippen LogP contribution in [0.5, 0.6) is 0 Å². The van der Waals surface area contributed by atoms with Crippen LogP contribution >= 0.6 is 23.2 Å². The van der Waals surface area contributed by atoms with Crippen molar-refractivity contribution in [1.82, 2.24) is 10.2 Å². The molecule has 0 unspecified atom stereocenters. The van der Waals surface area contributed by atoms with Gasteiger partial charge in [-0.05, 0) is 36.2 Å². The van der Waals surface area contributed by atoms with Gasteiger partial charge in [-0.25, -0.2) is 0 Å². The number of ether oxygens (including phenoxy) is 1. The van der Waals surface area contributed by atoms with E-state index in [4.69, 9.17) is 27.9 Å². The van der Waals surface area contributed by atoms with Crippen LogP contribution in [0.2, 0.25) is 10.0 Å². The average Bonchev–Trinajstić information content (AvgIpc) is 2.70. The van der Waals surface area contributed by atoms with E-state index < -0.39 is 0 Å². The van der Waals surface area contributed by atoms with Crippen LogP contribution in [0.3, 0.4) is 0 Å². The molecule has 1 saturated heterocycles. The molecule has 0 saturated carbocycles. The zero-order valence-corrected chi connectivity index (χ0v) is 17.8. The van der Waals surface area contributed by atoms with Crippen molar-refractivity contribution in [3.05, 3.63) is 69.2 Å². The van der Waals surface area contributed by atoms with E-state index in [0.29, 0.717) is 28.8 Å². The predicted octanol–water partition coefficient (Wildman–Crippen LogP) is 3.76. The highest BCUT2D eigenvalue weighted by Gasteiger charge is 2.21. The Morgan fingerprint density at radius 3 is 2.72 bits per heavy atom. The van der Waals surface area contributed by atoms with Crippen molar-refractivity contribution in [2.45, 2.75) is 26.0 Å². The third-order valence-electron chi connectivity index (χ3n) is 4.84. The second kappa shape index (κ2) is 10.2. The molecule has 2 aromatic carbocycles. The number of hydrogen-bond donors (Lipinski definition) is 1. The van der Waals surface area contributed by atoms with E-state index in [2.05, 4.69) is 10.2 Å². The summed E-state index contributed by atoms with van der Waals surface area (Å²) in [6.45, 7) is 4.88. The van der Waals surface area contributed by atoms with Crippen LogP contribution in [0.1, 0.15) is 28.4 Å². The fraction of sp³-hybridized carbons (Fsp3) is 0.364. The summed E-state index contributed by atoms with van der Waals surface area (Å²) in [6.07, 6.45) is 0.167. The van der Waals surface area contributed by atoms with Crippen molar-refractivity contribution in [1.29, 1.82) is 0 Å². The molecule has 1 N–H and O–H groups in total. The van der Waals surface area contributed by atoms with Crippen LogP contribution in [0.25, 0.3) is 0 Å². The number of nitrogens with zero attached hydrogens (tertiary/aromatic N) is 1. The summed E-state index contributed by atoms with van der Waals surface area (Å²) in [4.78, 5) is 26.0. The summed E-state index contributed by atoms with van der Waals surface area (Å²) in [5.74, 6) is -0.0964. The fourth-order valence-electron chi connectivity index (χ4n) is 3.32. The Kier molecular flexibility index (Phi) is 7.67. The number of Topliss-reactive ketones (excluding diaryl/α,β-unsaturated/α-hetero) is 1. The van der Waals surface area contributed by atoms with Crippen molar-refractivity contribution in [3.8, 4) is 0 Å². The van der Waals surface area contributed by atoms with E-state index in [1.54, 1.807) is 24.3 Å². The number of rotatable bonds is 7. The lowest BCUT2D eigenvalue weighted by atomic mass is 10.1. The largest absolute Gasteiger partial charge is 0.374 e. The van der Waals surface area contributed by atoms with Crippen LogP contribution in [-0.4, -0.2) is 48.9 Å². The Hall–Kier alpha value is -1.92. The molecule has 1 fully saturated rings. The average molecular weight is 435 g/mol. The number of benzene rings is 2. The number of halogens is 2. The number of morpholine rings is 1. The minimum atomic E-state index is -0.0871. The quantitative estimate of drug-likeness (QED) is 0.673. The van der Waals surface area contributed by atoms with Crippen LogP contribution in [0.4, 0.5) is 0 Å². The van der Waals surface area contributed by atoms with Gasteiger partial charge < -0.3 is 10.1 Å². The van der Waals surface area contributed by atoms with E-state index in [1.807, 2.05) is 18.2 Å². The second-order valence-corrected chi connectivity index (χ2v) is 8.03. The van der Waals surface area contributed by atoms with Gasteiger partial charge in [0, 0.05) is 31.7 Å². The van der Waals surface area contributed by atoms with Crippen LogP contribution in [0.15, 0.2) is 42.5 Å². The van der Waals surface area contributed by atoms with Crippen molar-refractivity contribution in [2.24, 2.45) is 0 Å². The molecule has 1 aliphatic rings. The standard InChI is InChI=1S/C22H24Cl2N2O3/c1-15(27)18-4-2-3-16(9-18)11-22(28)25-12-19-14-26(7-8-29-19)13-17-5-6-20(23)21(24)10-17/h2-6,9-10,19H,7-8,11-14H2,1H3,(H,25,28)/t19-/m0/s1. The molecule has 0 aromatic heterocycles. The Morgan fingerprint density at radius 1 is 1.14 bits per heavy atom. The van der Waals surface area contributed by atoms with Gasteiger partial charge >= 0.3 is 0 Å². The second-order valence-electron chi connectivity index (χ2n) is 7.21. The van der Waals surface area contributed by atoms with E-state index >= 15 is 0 Å². The monoisotopic (exact) mass is 434 g/mol. The van der Waals surface area contributed by atoms with Gasteiger partial charge in [0.05, 0.1) is 29.2 Å². The van der Waals surface area contributed by atoms with Gasteiger partial charge in [-0.1, -0.05) is 47.5 Å². The van der Waals surface area contributed by atoms with E-state index in [1.165, 1.54) is 6.92 Å². The molecule has 1 aliphatic heterocycles. The third-order valence-corrected chi connectivity index (χ3v) is 5.58. The zero-order chi connectivity index (χ0) is 20.8.